The third-order valence-electron chi connectivity index (χ3n) is 20.9. The summed E-state index contributed by atoms with van der Waals surface area (Å²) in [5, 5.41) is 1.38. The minimum Gasteiger partial charge on any atom is -0.335 e. The lowest BCUT2D eigenvalue weighted by molar-refractivity contribution is 0.195. The summed E-state index contributed by atoms with van der Waals surface area (Å²) < 4.78 is 2.86. The van der Waals surface area contributed by atoms with Gasteiger partial charge >= 0.3 is 0 Å². The van der Waals surface area contributed by atoms with E-state index in [-0.39, 0.29) is 50.2 Å². The van der Waals surface area contributed by atoms with Gasteiger partial charge in [-0.15, -0.1) is 11.3 Å². The van der Waals surface area contributed by atoms with Gasteiger partial charge in [-0.1, -0.05) is 203 Å². The van der Waals surface area contributed by atoms with Crippen molar-refractivity contribution in [3.63, 3.8) is 0 Å². The Morgan fingerprint density at radius 1 is 0.469 bits per heavy atom. The van der Waals surface area contributed by atoms with Crippen molar-refractivity contribution in [3.8, 4) is 11.1 Å². The zero-order valence-electron chi connectivity index (χ0n) is 52.3. The van der Waals surface area contributed by atoms with E-state index in [1.165, 1.54) is 137 Å². The predicted octanol–water partition coefficient (Wildman–Crippen LogP) is 19.9. The van der Waals surface area contributed by atoms with Crippen LogP contribution in [-0.4, -0.2) is 12.3 Å². The highest BCUT2D eigenvalue weighted by Gasteiger charge is 2.62. The molecule has 1 fully saturated rings. The van der Waals surface area contributed by atoms with Crippen LogP contribution in [0.3, 0.4) is 0 Å². The van der Waals surface area contributed by atoms with Crippen molar-refractivity contribution in [3.05, 3.63) is 172 Å². The van der Waals surface area contributed by atoms with Crippen LogP contribution in [0.2, 0.25) is 0 Å². The molecule has 0 saturated heterocycles. The number of hydrogen-bond donors (Lipinski definition) is 0. The average Bonchev–Trinajstić information content (AvgIpc) is 3.48. The lowest BCUT2D eigenvalue weighted by Crippen LogP contribution is -2.64. The normalized spacial score (nSPS) is 20.6. The van der Waals surface area contributed by atoms with Gasteiger partial charge in [0.2, 0.25) is 0 Å². The van der Waals surface area contributed by atoms with Crippen molar-refractivity contribution in [2.45, 2.75) is 207 Å². The van der Waals surface area contributed by atoms with Gasteiger partial charge < -0.3 is 14.7 Å². The summed E-state index contributed by atoms with van der Waals surface area (Å²) in [6.07, 6.45) is 7.14. The Kier molecular flexibility index (Phi) is 11.9. The highest BCUT2D eigenvalue weighted by atomic mass is 32.1. The fourth-order valence-electron chi connectivity index (χ4n) is 15.4. The summed E-state index contributed by atoms with van der Waals surface area (Å²) in [4.78, 5) is 8.34. The molecule has 0 N–H and O–H groups in total. The minimum absolute atomic E-state index is 0.0171. The zero-order valence-corrected chi connectivity index (χ0v) is 53.1. The van der Waals surface area contributed by atoms with Crippen molar-refractivity contribution < 1.29 is 0 Å². The smallest absolute Gasteiger partial charge is 0.264 e. The quantitative estimate of drug-likeness (QED) is 0.159. The van der Waals surface area contributed by atoms with Crippen molar-refractivity contribution in [1.29, 1.82) is 0 Å². The van der Waals surface area contributed by atoms with Gasteiger partial charge in [0.05, 0.1) is 22.6 Å². The number of fused-ring (bicyclic) bond motifs is 10. The van der Waals surface area contributed by atoms with Crippen LogP contribution in [0.1, 0.15) is 202 Å². The number of hydrogen-bond acceptors (Lipinski definition) is 4. The third kappa shape index (κ3) is 8.21. The molecule has 81 heavy (non-hydrogen) atoms. The molecule has 5 heteroatoms. The van der Waals surface area contributed by atoms with Crippen LogP contribution < -0.4 is 30.4 Å². The van der Waals surface area contributed by atoms with E-state index in [0.717, 1.165) is 17.8 Å². The van der Waals surface area contributed by atoms with Crippen LogP contribution in [0.15, 0.2) is 133 Å². The molecular formula is C76H88BN3S. The van der Waals surface area contributed by atoms with Crippen LogP contribution in [0.5, 0.6) is 0 Å². The van der Waals surface area contributed by atoms with Crippen molar-refractivity contribution in [2.75, 3.05) is 14.7 Å². The Morgan fingerprint density at radius 2 is 1.01 bits per heavy atom. The molecule has 5 aliphatic rings. The average molecular weight is 1090 g/mol. The summed E-state index contributed by atoms with van der Waals surface area (Å²) in [5.41, 5.74) is 25.5. The monoisotopic (exact) mass is 1090 g/mol. The molecular weight excluding hydrogens is 998 g/mol. The molecule has 416 valence electrons. The van der Waals surface area contributed by atoms with E-state index < -0.39 is 0 Å². The number of anilines is 8. The summed E-state index contributed by atoms with van der Waals surface area (Å²) in [6, 6.07) is 53.8. The van der Waals surface area contributed by atoms with Gasteiger partial charge in [0.15, 0.2) is 0 Å². The molecule has 13 rings (SSSR count). The zero-order chi connectivity index (χ0) is 57.5. The van der Waals surface area contributed by atoms with Gasteiger partial charge in [-0.3, -0.25) is 0 Å². The molecule has 4 heterocycles. The van der Waals surface area contributed by atoms with Crippen LogP contribution in [0.25, 0.3) is 21.2 Å². The molecule has 0 radical (unpaired) electrons. The molecule has 8 aromatic rings. The van der Waals surface area contributed by atoms with Gasteiger partial charge in [0, 0.05) is 54.3 Å². The van der Waals surface area contributed by atoms with Crippen LogP contribution >= 0.6 is 11.3 Å². The topological polar surface area (TPSA) is 9.72 Å². The number of benzene rings is 7. The summed E-state index contributed by atoms with van der Waals surface area (Å²) in [7, 11) is 0. The summed E-state index contributed by atoms with van der Waals surface area (Å²) in [6.45, 7) is 43.7. The van der Waals surface area contributed by atoms with Crippen LogP contribution in [-0.2, 0) is 37.9 Å². The van der Waals surface area contributed by atoms with Crippen LogP contribution in [0, 0.1) is 0 Å². The second-order valence-electron chi connectivity index (χ2n) is 31.3. The van der Waals surface area contributed by atoms with Crippen molar-refractivity contribution in [1.82, 2.24) is 0 Å². The number of thiophene rings is 1. The maximum absolute atomic E-state index is 2.95. The lowest BCUT2D eigenvalue weighted by Gasteiger charge is -2.52. The fourth-order valence-corrected chi connectivity index (χ4v) is 16.7. The SMILES string of the molecule is CC(C)(C)c1ccc(N(c2ccc(C(C)(C)C)cc2)c2cc3c4c(c2)N2c5c(cc(C(C)(C)C)cc5C5(C)CCCCC25C)B4c2sc4cc5c(cc4c2N3c2ccc(C(C)(C)C)cc2-c2ccccc2)C(C)(C)CCC5(C)C)cc1. The lowest BCUT2D eigenvalue weighted by atomic mass is 9.36. The van der Waals surface area contributed by atoms with Crippen LogP contribution in [0.4, 0.5) is 45.5 Å². The van der Waals surface area contributed by atoms with Crippen molar-refractivity contribution in [2.24, 2.45) is 0 Å². The fraction of sp³-hybridized carbons (Fsp3) is 0.421. The Bertz CT molecular complexity index is 3790. The largest absolute Gasteiger partial charge is 0.335 e. The molecule has 3 aliphatic heterocycles. The van der Waals surface area contributed by atoms with E-state index in [1.54, 1.807) is 5.56 Å². The van der Waals surface area contributed by atoms with E-state index in [4.69, 9.17) is 0 Å². The van der Waals surface area contributed by atoms with Gasteiger partial charge in [0.25, 0.3) is 6.71 Å². The maximum atomic E-state index is 2.95. The van der Waals surface area contributed by atoms with Gasteiger partial charge in [-0.25, -0.2) is 0 Å². The molecule has 1 saturated carbocycles. The first kappa shape index (κ1) is 54.2. The van der Waals surface area contributed by atoms with Gasteiger partial charge in [0.1, 0.15) is 0 Å². The Labute approximate surface area is 491 Å². The first-order chi connectivity index (χ1) is 37.9. The molecule has 0 amide bonds. The first-order valence-electron chi connectivity index (χ1n) is 30.7. The van der Waals surface area contributed by atoms with E-state index >= 15 is 0 Å². The molecule has 7 aromatic carbocycles. The van der Waals surface area contributed by atoms with E-state index in [2.05, 4.69) is 284 Å². The van der Waals surface area contributed by atoms with E-state index in [9.17, 15) is 0 Å². The standard InChI is InChI=1S/C76H88BN3S/c1-69(2,3)48-26-31-52(32-27-48)78(53-33-28-49(29-34-53)70(4,5)6)54-43-62-65-63(44-54)80-67-59(75(17)36-22-23-37-76(75,80)18)41-51(72(10,11)12)42-60(67)77(65)68-66(56-45-57-58(46-64(56)81-68)74(15,16)39-38-73(57,13)14)79(62)61-35-30-50(71(7,8)9)40-55(61)47-24-20-19-21-25-47/h19-21,24-35,40-46H,22-23,36-39H2,1-18H3. The number of nitrogens with zero attached hydrogens (tertiary/aromatic N) is 3. The Hall–Kier alpha value is -6.04. The maximum Gasteiger partial charge on any atom is 0.264 e. The summed E-state index contributed by atoms with van der Waals surface area (Å²) in [5.74, 6) is 0. The highest BCUT2D eigenvalue weighted by Crippen LogP contribution is 2.64. The molecule has 1 aromatic heterocycles. The third-order valence-corrected chi connectivity index (χ3v) is 22.1. The minimum atomic E-state index is -0.158. The second kappa shape index (κ2) is 17.7. The molecule has 0 bridgehead atoms. The van der Waals surface area contributed by atoms with E-state index in [0.29, 0.717) is 0 Å². The Morgan fingerprint density at radius 3 is 1.59 bits per heavy atom. The molecule has 0 spiro atoms. The highest BCUT2D eigenvalue weighted by molar-refractivity contribution is 7.33. The molecule has 2 unspecified atom stereocenters. The summed E-state index contributed by atoms with van der Waals surface area (Å²) >= 11 is 2.09. The van der Waals surface area contributed by atoms with Gasteiger partial charge in [-0.2, -0.15) is 0 Å². The number of rotatable bonds is 5. The predicted molar refractivity (Wildman–Crippen MR) is 354 cm³/mol. The molecule has 2 atom stereocenters. The molecule has 3 nitrogen and oxygen atoms in total. The molecule has 2 aliphatic carbocycles. The van der Waals surface area contributed by atoms with E-state index in [1.807, 2.05) is 0 Å². The van der Waals surface area contributed by atoms with Gasteiger partial charge in [-0.05, 0) is 181 Å². The van der Waals surface area contributed by atoms with Crippen molar-refractivity contribution >= 4 is 89.3 Å². The first-order valence-corrected chi connectivity index (χ1v) is 31.5. The Balaban J connectivity index is 1.22. The second-order valence-corrected chi connectivity index (χ2v) is 32.4.